The summed E-state index contributed by atoms with van der Waals surface area (Å²) in [5.41, 5.74) is 3.61. The second kappa shape index (κ2) is 5.84. The van der Waals surface area contributed by atoms with Gasteiger partial charge in [0.15, 0.2) is 0 Å². The predicted molar refractivity (Wildman–Crippen MR) is 83.5 cm³/mol. The number of hydrogen-bond acceptors (Lipinski definition) is 1. The van der Waals surface area contributed by atoms with Gasteiger partial charge < -0.3 is 5.32 Å². The third-order valence-electron chi connectivity index (χ3n) is 3.69. The molecule has 1 nitrogen and oxygen atoms in total. The summed E-state index contributed by atoms with van der Waals surface area (Å²) < 4.78 is 13.9. The molecule has 0 heterocycles. The van der Waals surface area contributed by atoms with Crippen molar-refractivity contribution in [1.29, 1.82) is 0 Å². The van der Waals surface area contributed by atoms with Crippen LogP contribution >= 0.6 is 27.5 Å². The molecule has 0 radical (unpaired) electrons. The first-order chi connectivity index (χ1) is 9.65. The minimum atomic E-state index is -0.234. The Bertz CT molecular complexity index is 632. The molecule has 2 aromatic rings. The van der Waals surface area contributed by atoms with E-state index in [9.17, 15) is 4.39 Å². The Labute approximate surface area is 131 Å². The first kappa shape index (κ1) is 14.1. The third-order valence-corrected chi connectivity index (χ3v) is 4.84. The number of benzene rings is 2. The van der Waals surface area contributed by atoms with Crippen LogP contribution in [-0.4, -0.2) is 5.38 Å². The molecule has 0 saturated heterocycles. The topological polar surface area (TPSA) is 12.0 Å². The summed E-state index contributed by atoms with van der Waals surface area (Å²) in [6, 6.07) is 13.2. The zero-order valence-electron chi connectivity index (χ0n) is 10.7. The van der Waals surface area contributed by atoms with E-state index in [0.717, 1.165) is 16.5 Å². The number of nitrogens with one attached hydrogen (secondary N) is 1. The van der Waals surface area contributed by atoms with E-state index in [1.165, 1.54) is 23.3 Å². The number of alkyl halides is 1. The molecule has 104 valence electrons. The molecule has 0 fully saturated rings. The van der Waals surface area contributed by atoms with E-state index < -0.39 is 0 Å². The summed E-state index contributed by atoms with van der Waals surface area (Å²) in [5.74, 6) is -0.234. The summed E-state index contributed by atoms with van der Waals surface area (Å²) in [5, 5.41) is 3.54. The highest BCUT2D eigenvalue weighted by molar-refractivity contribution is 9.10. The van der Waals surface area contributed by atoms with Crippen LogP contribution in [-0.2, 0) is 13.0 Å². The van der Waals surface area contributed by atoms with Gasteiger partial charge >= 0.3 is 0 Å². The van der Waals surface area contributed by atoms with Crippen LogP contribution in [0.25, 0.3) is 0 Å². The van der Waals surface area contributed by atoms with E-state index in [-0.39, 0.29) is 17.2 Å². The highest BCUT2D eigenvalue weighted by Crippen LogP contribution is 2.35. The molecule has 1 aliphatic carbocycles. The molecule has 1 N–H and O–H groups in total. The van der Waals surface area contributed by atoms with Crippen molar-refractivity contribution >= 4 is 27.5 Å². The molecule has 2 atom stereocenters. The van der Waals surface area contributed by atoms with Gasteiger partial charge in [0.25, 0.3) is 0 Å². The maximum Gasteiger partial charge on any atom is 0.124 e. The molecule has 0 aromatic heterocycles. The lowest BCUT2D eigenvalue weighted by Gasteiger charge is -2.18. The van der Waals surface area contributed by atoms with Crippen molar-refractivity contribution in [2.45, 2.75) is 24.4 Å². The largest absolute Gasteiger partial charge is 0.305 e. The number of rotatable bonds is 3. The van der Waals surface area contributed by atoms with Crippen LogP contribution in [0.3, 0.4) is 0 Å². The first-order valence-corrected chi connectivity index (χ1v) is 7.77. The third kappa shape index (κ3) is 2.76. The second-order valence-electron chi connectivity index (χ2n) is 5.01. The van der Waals surface area contributed by atoms with Crippen LogP contribution < -0.4 is 5.32 Å². The van der Waals surface area contributed by atoms with E-state index in [2.05, 4.69) is 33.4 Å². The highest BCUT2D eigenvalue weighted by Gasteiger charge is 2.30. The van der Waals surface area contributed by atoms with Crippen LogP contribution in [0, 0.1) is 5.82 Å². The standard InChI is InChI=1S/C16H14BrClFN/c17-14-8-12(19)6-5-11(14)9-20-16-13-4-2-1-3-10(13)7-15(16)18/h1-6,8,15-16,20H,7,9H2. The van der Waals surface area contributed by atoms with Crippen molar-refractivity contribution in [2.24, 2.45) is 0 Å². The summed E-state index contributed by atoms with van der Waals surface area (Å²) >= 11 is 9.83. The molecule has 2 unspecified atom stereocenters. The lowest BCUT2D eigenvalue weighted by Crippen LogP contribution is -2.25. The monoisotopic (exact) mass is 353 g/mol. The number of halogens is 3. The lowest BCUT2D eigenvalue weighted by atomic mass is 10.1. The van der Waals surface area contributed by atoms with E-state index in [0.29, 0.717) is 6.54 Å². The Morgan fingerprint density at radius 3 is 2.85 bits per heavy atom. The Kier molecular flexibility index (Phi) is 4.11. The van der Waals surface area contributed by atoms with Crippen molar-refractivity contribution < 1.29 is 4.39 Å². The molecule has 1 aliphatic rings. The fourth-order valence-electron chi connectivity index (χ4n) is 2.67. The smallest absolute Gasteiger partial charge is 0.124 e. The van der Waals surface area contributed by atoms with Gasteiger partial charge in [0.05, 0.1) is 5.38 Å². The second-order valence-corrected chi connectivity index (χ2v) is 6.43. The minimum Gasteiger partial charge on any atom is -0.305 e. The Morgan fingerprint density at radius 2 is 2.05 bits per heavy atom. The molecule has 0 bridgehead atoms. The number of hydrogen-bond donors (Lipinski definition) is 1. The fourth-order valence-corrected chi connectivity index (χ4v) is 3.55. The molecule has 0 spiro atoms. The zero-order valence-corrected chi connectivity index (χ0v) is 13.1. The van der Waals surface area contributed by atoms with Gasteiger partial charge in [-0.2, -0.15) is 0 Å². The molecule has 0 amide bonds. The molecule has 4 heteroatoms. The Balaban J connectivity index is 1.75. The Morgan fingerprint density at radius 1 is 1.25 bits per heavy atom. The zero-order chi connectivity index (χ0) is 14.1. The average Bonchev–Trinajstić information content (AvgIpc) is 2.74. The van der Waals surface area contributed by atoms with E-state index in [1.807, 2.05) is 12.1 Å². The van der Waals surface area contributed by atoms with Gasteiger partial charge in [-0.05, 0) is 35.2 Å². The molecule has 20 heavy (non-hydrogen) atoms. The van der Waals surface area contributed by atoms with Gasteiger partial charge in [0, 0.05) is 17.1 Å². The van der Waals surface area contributed by atoms with Crippen LogP contribution in [0.5, 0.6) is 0 Å². The molecule has 0 saturated carbocycles. The van der Waals surface area contributed by atoms with Crippen molar-refractivity contribution in [3.05, 3.63) is 69.4 Å². The van der Waals surface area contributed by atoms with E-state index in [1.54, 1.807) is 6.07 Å². The quantitative estimate of drug-likeness (QED) is 0.795. The van der Waals surface area contributed by atoms with Gasteiger partial charge in [0.1, 0.15) is 5.82 Å². The van der Waals surface area contributed by atoms with Gasteiger partial charge in [-0.15, -0.1) is 11.6 Å². The van der Waals surface area contributed by atoms with E-state index in [4.69, 9.17) is 11.6 Å². The summed E-state index contributed by atoms with van der Waals surface area (Å²) in [6.07, 6.45) is 0.889. The van der Waals surface area contributed by atoms with Crippen molar-refractivity contribution in [3.63, 3.8) is 0 Å². The molecular formula is C16H14BrClFN. The number of fused-ring (bicyclic) bond motifs is 1. The fraction of sp³-hybridized carbons (Fsp3) is 0.250. The average molecular weight is 355 g/mol. The molecule has 2 aromatic carbocycles. The molecular weight excluding hydrogens is 341 g/mol. The van der Waals surface area contributed by atoms with Gasteiger partial charge in [-0.1, -0.05) is 46.3 Å². The van der Waals surface area contributed by atoms with E-state index >= 15 is 0 Å². The summed E-state index contributed by atoms with van der Waals surface area (Å²) in [4.78, 5) is 0. The van der Waals surface area contributed by atoms with Crippen molar-refractivity contribution in [3.8, 4) is 0 Å². The molecule has 0 aliphatic heterocycles. The van der Waals surface area contributed by atoms with Gasteiger partial charge in [0.2, 0.25) is 0 Å². The first-order valence-electron chi connectivity index (χ1n) is 6.54. The van der Waals surface area contributed by atoms with Crippen LogP contribution in [0.4, 0.5) is 4.39 Å². The van der Waals surface area contributed by atoms with Crippen molar-refractivity contribution in [2.75, 3.05) is 0 Å². The minimum absolute atomic E-state index is 0.0617. The maximum absolute atomic E-state index is 13.1. The van der Waals surface area contributed by atoms with Crippen LogP contribution in [0.15, 0.2) is 46.9 Å². The lowest BCUT2D eigenvalue weighted by molar-refractivity contribution is 0.534. The van der Waals surface area contributed by atoms with Gasteiger partial charge in [-0.25, -0.2) is 4.39 Å². The summed E-state index contributed by atoms with van der Waals surface area (Å²) in [7, 11) is 0. The summed E-state index contributed by atoms with van der Waals surface area (Å²) in [6.45, 7) is 0.656. The maximum atomic E-state index is 13.1. The van der Waals surface area contributed by atoms with Crippen molar-refractivity contribution in [1.82, 2.24) is 5.32 Å². The van der Waals surface area contributed by atoms with Crippen LogP contribution in [0.1, 0.15) is 22.7 Å². The predicted octanol–water partition coefficient (Wildman–Crippen LogP) is 4.58. The van der Waals surface area contributed by atoms with Crippen LogP contribution in [0.2, 0.25) is 0 Å². The Hall–Kier alpha value is -0.900. The highest BCUT2D eigenvalue weighted by atomic mass is 79.9. The normalized spacial score (nSPS) is 20.9. The van der Waals surface area contributed by atoms with Gasteiger partial charge in [-0.3, -0.25) is 0 Å². The SMILES string of the molecule is Fc1ccc(CNC2c3ccccc3CC2Cl)c(Br)c1. The molecule has 3 rings (SSSR count).